The van der Waals surface area contributed by atoms with Crippen LogP contribution in [0.25, 0.3) is 0 Å². The number of carbonyl (C=O) groups is 2. The molecule has 0 bridgehead atoms. The van der Waals surface area contributed by atoms with Gasteiger partial charge in [-0.2, -0.15) is 0 Å². The molecule has 112 valence electrons. The van der Waals surface area contributed by atoms with E-state index in [1.807, 2.05) is 0 Å². The molecule has 1 aromatic carbocycles. The molecule has 0 radical (unpaired) electrons. The van der Waals surface area contributed by atoms with Gasteiger partial charge in [-0.3, -0.25) is 4.79 Å². The number of rotatable bonds is 2. The minimum absolute atomic E-state index is 0. The maximum atomic E-state index is 13.0. The van der Waals surface area contributed by atoms with Crippen LogP contribution in [0.5, 0.6) is 0 Å². The van der Waals surface area contributed by atoms with Crippen LogP contribution in [-0.4, -0.2) is 40.4 Å². The smallest absolute Gasteiger partial charge is 0.870 e. The summed E-state index contributed by atoms with van der Waals surface area (Å²) in [4.78, 5) is 24.2. The topological polar surface area (TPSA) is 119 Å². The second-order valence-corrected chi connectivity index (χ2v) is 4.47. The van der Waals surface area contributed by atoms with Gasteiger partial charge in [-0.1, -0.05) is 0 Å². The number of halogens is 1. The van der Waals surface area contributed by atoms with Crippen molar-refractivity contribution in [1.29, 1.82) is 0 Å². The monoisotopic (exact) mass is 293 g/mol. The number of aryl methyl sites for hydroxylation is 1. The van der Waals surface area contributed by atoms with Crippen molar-refractivity contribution in [3.63, 3.8) is 0 Å². The van der Waals surface area contributed by atoms with Crippen LogP contribution in [0.4, 0.5) is 10.1 Å². The van der Waals surface area contributed by atoms with Gasteiger partial charge in [0.05, 0.1) is 0 Å². The summed E-state index contributed by atoms with van der Waals surface area (Å²) in [6, 6.07) is 3.38. The zero-order valence-corrected chi connectivity index (χ0v) is 12.0. The summed E-state index contributed by atoms with van der Waals surface area (Å²) in [6.45, 7) is 2.09. The van der Waals surface area contributed by atoms with Gasteiger partial charge in [0.15, 0.2) is 0 Å². The molecule has 1 unspecified atom stereocenters. The summed E-state index contributed by atoms with van der Waals surface area (Å²) in [5.74, 6) is -1.42. The molecule has 1 fully saturated rings. The Morgan fingerprint density at radius 2 is 2.05 bits per heavy atom. The van der Waals surface area contributed by atoms with Gasteiger partial charge in [0.2, 0.25) is 0 Å². The number of Topliss-reactive ketones (excluding diaryl/α,β-unsaturated/α-hetero) is 1. The van der Waals surface area contributed by atoms with E-state index in [1.54, 1.807) is 17.9 Å². The fourth-order valence-electron chi connectivity index (χ4n) is 2.28. The van der Waals surface area contributed by atoms with Crippen molar-refractivity contribution in [2.75, 3.05) is 11.4 Å². The minimum Gasteiger partial charge on any atom is -0.870 e. The number of hydrogen-bond donors (Lipinski definition) is 1. The first-order valence-corrected chi connectivity index (χ1v) is 5.76. The molecule has 1 atom stereocenters. The quantitative estimate of drug-likeness (QED) is 0.618. The van der Waals surface area contributed by atoms with E-state index < -0.39 is 12.0 Å². The van der Waals surface area contributed by atoms with Gasteiger partial charge in [-0.05, 0) is 30.7 Å². The van der Waals surface area contributed by atoms with Crippen LogP contribution in [0.3, 0.4) is 0 Å². The van der Waals surface area contributed by atoms with Crippen molar-refractivity contribution in [1.82, 2.24) is 0 Å². The Kier molecular flexibility index (Phi) is 9.17. The maximum Gasteiger partial charge on any atom is 1.00 e. The molecule has 8 heteroatoms. The first kappa shape index (κ1) is 21.9. The van der Waals surface area contributed by atoms with E-state index in [1.165, 1.54) is 12.1 Å². The number of hydrogen-bond acceptors (Lipinski definition) is 4. The second-order valence-electron chi connectivity index (χ2n) is 4.47. The summed E-state index contributed by atoms with van der Waals surface area (Å²) < 4.78 is 13.0. The van der Waals surface area contributed by atoms with Crippen molar-refractivity contribution in [3.05, 3.63) is 29.6 Å². The SMILES string of the molecule is Cc1cc(F)ccc1N1CCC(=O)CC1C(=O)O.O.[Li+].[OH-]. The Hall–Kier alpha value is -1.39. The number of carboxylic acid groups (broad SMARTS) is 1. The molecule has 0 aromatic heterocycles. The summed E-state index contributed by atoms with van der Waals surface area (Å²) >= 11 is 0. The Balaban J connectivity index is 0. The number of anilines is 1. The van der Waals surface area contributed by atoms with Crippen LogP contribution in [0.15, 0.2) is 18.2 Å². The summed E-state index contributed by atoms with van der Waals surface area (Å²) in [5, 5.41) is 9.17. The number of carboxylic acids is 1. The third-order valence-corrected chi connectivity index (χ3v) is 3.18. The van der Waals surface area contributed by atoms with Crippen LogP contribution in [0.1, 0.15) is 18.4 Å². The third kappa shape index (κ3) is 4.83. The van der Waals surface area contributed by atoms with Gasteiger partial charge in [0, 0.05) is 25.1 Å². The van der Waals surface area contributed by atoms with Crippen LogP contribution >= 0.6 is 0 Å². The van der Waals surface area contributed by atoms with E-state index in [0.29, 0.717) is 24.2 Å². The third-order valence-electron chi connectivity index (χ3n) is 3.18. The summed E-state index contributed by atoms with van der Waals surface area (Å²) in [5.41, 5.74) is 1.35. The Morgan fingerprint density at radius 1 is 1.43 bits per heavy atom. The molecule has 0 amide bonds. The average Bonchev–Trinajstić information content (AvgIpc) is 2.29. The average molecular weight is 293 g/mol. The Bertz CT molecular complexity index is 511. The van der Waals surface area contributed by atoms with E-state index in [4.69, 9.17) is 5.11 Å². The van der Waals surface area contributed by atoms with Crippen molar-refractivity contribution in [3.8, 4) is 0 Å². The standard InChI is InChI=1S/C13H14FNO3.Li.2H2O/c1-8-6-9(14)2-3-11(8)15-5-4-10(16)7-12(15)13(17)18;;;/h2-3,6,12H,4-5,7H2,1H3,(H,17,18);;2*1H2/q;+1;;/p-1. The van der Waals surface area contributed by atoms with E-state index in [0.717, 1.165) is 0 Å². The van der Waals surface area contributed by atoms with E-state index in [9.17, 15) is 14.0 Å². The number of aliphatic carboxylic acids is 1. The molecule has 21 heavy (non-hydrogen) atoms. The molecule has 1 aliphatic rings. The number of carbonyl (C=O) groups excluding carboxylic acids is 1. The zero-order valence-electron chi connectivity index (χ0n) is 12.0. The van der Waals surface area contributed by atoms with Gasteiger partial charge in [0.1, 0.15) is 17.6 Å². The second kappa shape index (κ2) is 8.80. The first-order valence-electron chi connectivity index (χ1n) is 5.76. The molecular weight excluding hydrogens is 276 g/mol. The molecule has 1 aromatic rings. The number of benzene rings is 1. The molecule has 1 heterocycles. The number of ketones is 1. The summed E-state index contributed by atoms with van der Waals surface area (Å²) in [7, 11) is 0. The number of piperidine rings is 1. The molecule has 6 nitrogen and oxygen atoms in total. The van der Waals surface area contributed by atoms with E-state index in [-0.39, 0.29) is 47.8 Å². The van der Waals surface area contributed by atoms with Crippen molar-refractivity contribution in [2.24, 2.45) is 0 Å². The van der Waals surface area contributed by atoms with Crippen LogP contribution in [0, 0.1) is 12.7 Å². The van der Waals surface area contributed by atoms with Crippen molar-refractivity contribution >= 4 is 17.4 Å². The molecule has 1 aliphatic heterocycles. The summed E-state index contributed by atoms with van der Waals surface area (Å²) in [6.07, 6.45) is 0.340. The van der Waals surface area contributed by atoms with Gasteiger partial charge in [-0.25, -0.2) is 9.18 Å². The Morgan fingerprint density at radius 3 is 2.57 bits per heavy atom. The van der Waals surface area contributed by atoms with Gasteiger partial charge in [-0.15, -0.1) is 0 Å². The maximum absolute atomic E-state index is 13.0. The van der Waals surface area contributed by atoms with Crippen LogP contribution in [0.2, 0.25) is 0 Å². The van der Waals surface area contributed by atoms with E-state index >= 15 is 0 Å². The molecule has 0 aliphatic carbocycles. The Labute approximate surface area is 133 Å². The molecular formula is C13H17FLiNO5. The van der Waals surface area contributed by atoms with E-state index in [2.05, 4.69) is 0 Å². The fourth-order valence-corrected chi connectivity index (χ4v) is 2.28. The molecule has 4 N–H and O–H groups in total. The van der Waals surface area contributed by atoms with Crippen LogP contribution < -0.4 is 23.8 Å². The predicted octanol–water partition coefficient (Wildman–Crippen LogP) is -2.24. The molecule has 2 rings (SSSR count). The zero-order chi connectivity index (χ0) is 13.3. The van der Waals surface area contributed by atoms with Crippen molar-refractivity contribution in [2.45, 2.75) is 25.8 Å². The largest absolute Gasteiger partial charge is 1.00 e. The number of nitrogens with zero attached hydrogens (tertiary/aromatic N) is 1. The van der Waals surface area contributed by atoms with Gasteiger partial charge < -0.3 is 21.0 Å². The molecule has 1 saturated heterocycles. The predicted molar refractivity (Wildman–Crippen MR) is 69.7 cm³/mol. The van der Waals surface area contributed by atoms with Crippen molar-refractivity contribution < 1.29 is 48.9 Å². The fraction of sp³-hybridized carbons (Fsp3) is 0.385. The molecule has 0 saturated carbocycles. The van der Waals surface area contributed by atoms with Gasteiger partial charge >= 0.3 is 24.8 Å². The first-order chi connectivity index (χ1) is 8.49. The minimum atomic E-state index is -1.02. The molecule has 0 spiro atoms. The van der Waals surface area contributed by atoms with Crippen LogP contribution in [-0.2, 0) is 9.59 Å². The van der Waals surface area contributed by atoms with Gasteiger partial charge in [0.25, 0.3) is 0 Å². The normalized spacial score (nSPS) is 17.1.